The molecule has 3 atom stereocenters. The molecule has 3 heteroatoms. The molecule has 0 unspecified atom stereocenters. The van der Waals surface area contributed by atoms with E-state index in [9.17, 15) is 9.90 Å². The topological polar surface area (TPSA) is 57.5 Å². The molecule has 150 valence electrons. The third-order valence-corrected chi connectivity index (χ3v) is 6.79. The van der Waals surface area contributed by atoms with Crippen LogP contribution in [0.4, 0.5) is 0 Å². The molecule has 0 spiro atoms. The largest absolute Gasteiger partial charge is 0.481 e. The van der Waals surface area contributed by atoms with E-state index in [4.69, 9.17) is 5.11 Å². The molecule has 0 saturated heterocycles. The van der Waals surface area contributed by atoms with Crippen molar-refractivity contribution in [2.75, 3.05) is 0 Å². The molecule has 0 aromatic heterocycles. The van der Waals surface area contributed by atoms with E-state index in [0.717, 1.165) is 36.8 Å². The van der Waals surface area contributed by atoms with Crippen LogP contribution >= 0.6 is 0 Å². The molecular formula is C26H28O3. The Bertz CT molecular complexity index is 929. The van der Waals surface area contributed by atoms with Gasteiger partial charge in [0.2, 0.25) is 0 Å². The van der Waals surface area contributed by atoms with Crippen molar-refractivity contribution in [3.63, 3.8) is 0 Å². The monoisotopic (exact) mass is 388 g/mol. The second kappa shape index (κ2) is 8.00. The summed E-state index contributed by atoms with van der Waals surface area (Å²) in [5.41, 5.74) is 5.64. The normalized spacial score (nSPS) is 25.8. The summed E-state index contributed by atoms with van der Waals surface area (Å²) in [6, 6.07) is 20.7. The van der Waals surface area contributed by atoms with Gasteiger partial charge in [0.15, 0.2) is 0 Å². The lowest BCUT2D eigenvalue weighted by Gasteiger charge is -2.37. The van der Waals surface area contributed by atoms with Gasteiger partial charge in [-0.05, 0) is 54.4 Å². The highest BCUT2D eigenvalue weighted by molar-refractivity contribution is 5.90. The number of carboxylic acids is 1. The number of benzene rings is 2. The second-order valence-electron chi connectivity index (χ2n) is 8.32. The van der Waals surface area contributed by atoms with Gasteiger partial charge in [-0.15, -0.1) is 0 Å². The molecule has 29 heavy (non-hydrogen) atoms. The molecule has 3 nitrogen and oxygen atoms in total. The first kappa shape index (κ1) is 19.7. The second-order valence-corrected chi connectivity index (χ2v) is 8.32. The summed E-state index contributed by atoms with van der Waals surface area (Å²) in [6.07, 6.45) is 3.66. The van der Waals surface area contributed by atoms with Gasteiger partial charge in [-0.1, -0.05) is 72.8 Å². The number of aliphatic hydroxyl groups is 1. The third-order valence-electron chi connectivity index (χ3n) is 6.79. The zero-order chi connectivity index (χ0) is 20.4. The smallest absolute Gasteiger partial charge is 0.303 e. The van der Waals surface area contributed by atoms with Crippen molar-refractivity contribution in [3.8, 4) is 0 Å². The summed E-state index contributed by atoms with van der Waals surface area (Å²) in [4.78, 5) is 11.1. The minimum Gasteiger partial charge on any atom is -0.481 e. The number of carboxylic acid groups (broad SMARTS) is 1. The molecule has 0 radical (unpaired) electrons. The van der Waals surface area contributed by atoms with Crippen LogP contribution in [0.15, 0.2) is 72.8 Å². The predicted molar refractivity (Wildman–Crippen MR) is 116 cm³/mol. The molecule has 2 aromatic rings. The summed E-state index contributed by atoms with van der Waals surface area (Å²) in [6.45, 7) is 4.55. The van der Waals surface area contributed by atoms with Crippen LogP contribution in [0.2, 0.25) is 0 Å². The van der Waals surface area contributed by atoms with E-state index < -0.39 is 5.97 Å². The minimum atomic E-state index is -0.756. The van der Waals surface area contributed by atoms with Crippen LogP contribution in [0.1, 0.15) is 49.7 Å². The molecule has 0 bridgehead atoms. The van der Waals surface area contributed by atoms with E-state index in [0.29, 0.717) is 6.42 Å². The van der Waals surface area contributed by atoms with Crippen LogP contribution in [-0.2, 0) is 4.79 Å². The minimum absolute atomic E-state index is 0.102. The first-order valence-corrected chi connectivity index (χ1v) is 10.5. The number of hydrogen-bond acceptors (Lipinski definition) is 2. The molecule has 2 aromatic carbocycles. The number of carbonyl (C=O) groups is 1. The average molecular weight is 389 g/mol. The maximum absolute atomic E-state index is 11.1. The Morgan fingerprint density at radius 2 is 1.72 bits per heavy atom. The number of hydrogen-bond donors (Lipinski definition) is 2. The van der Waals surface area contributed by atoms with Crippen molar-refractivity contribution in [1.82, 2.24) is 0 Å². The standard InChI is InChI=1S/C26H28O3/c1-18(19-9-4-2-5-10-19)26-16-15-23(27)22(26)17-21(13-8-14-24(28)29)25(26)20-11-6-3-7-12-20/h2-7,9-12,22-23,27H,1,8,13-17H2,(H,28,29)/t22-,23+,26-/m0/s1. The first-order valence-electron chi connectivity index (χ1n) is 10.5. The lowest BCUT2D eigenvalue weighted by atomic mass is 9.66. The van der Waals surface area contributed by atoms with Gasteiger partial charge in [0.1, 0.15) is 0 Å². The molecule has 2 aliphatic rings. The molecule has 2 N–H and O–H groups in total. The molecule has 1 fully saturated rings. The Balaban J connectivity index is 1.83. The third kappa shape index (κ3) is 3.44. The number of fused-ring (bicyclic) bond motifs is 1. The quantitative estimate of drug-likeness (QED) is 0.652. The fourth-order valence-electron chi connectivity index (χ4n) is 5.56. The van der Waals surface area contributed by atoms with Crippen molar-refractivity contribution in [2.24, 2.45) is 11.3 Å². The molecule has 0 amide bonds. The molecule has 0 aliphatic heterocycles. The van der Waals surface area contributed by atoms with Gasteiger partial charge in [0, 0.05) is 17.8 Å². The zero-order valence-corrected chi connectivity index (χ0v) is 16.7. The van der Waals surface area contributed by atoms with Crippen molar-refractivity contribution in [3.05, 3.63) is 83.9 Å². The van der Waals surface area contributed by atoms with Crippen molar-refractivity contribution in [2.45, 2.75) is 44.6 Å². The molecule has 0 heterocycles. The first-order chi connectivity index (χ1) is 14.0. The Kier molecular flexibility index (Phi) is 5.42. The van der Waals surface area contributed by atoms with Crippen LogP contribution < -0.4 is 0 Å². The van der Waals surface area contributed by atoms with E-state index in [1.54, 1.807) is 0 Å². The van der Waals surface area contributed by atoms with Crippen LogP contribution in [0, 0.1) is 11.3 Å². The summed E-state index contributed by atoms with van der Waals surface area (Å²) in [5, 5.41) is 20.0. The van der Waals surface area contributed by atoms with Gasteiger partial charge in [-0.3, -0.25) is 4.79 Å². The number of rotatable bonds is 7. The molecule has 2 aliphatic carbocycles. The molecule has 4 rings (SSSR count). The van der Waals surface area contributed by atoms with Crippen LogP contribution in [0.5, 0.6) is 0 Å². The van der Waals surface area contributed by atoms with Gasteiger partial charge in [0.25, 0.3) is 0 Å². The van der Waals surface area contributed by atoms with Crippen LogP contribution in [-0.4, -0.2) is 22.3 Å². The highest BCUT2D eigenvalue weighted by atomic mass is 16.4. The number of aliphatic carboxylic acids is 1. The van der Waals surface area contributed by atoms with Crippen molar-refractivity contribution >= 4 is 17.1 Å². The van der Waals surface area contributed by atoms with E-state index >= 15 is 0 Å². The van der Waals surface area contributed by atoms with Crippen molar-refractivity contribution in [1.29, 1.82) is 0 Å². The highest BCUT2D eigenvalue weighted by Crippen LogP contribution is 2.66. The summed E-state index contributed by atoms with van der Waals surface area (Å²) >= 11 is 0. The van der Waals surface area contributed by atoms with E-state index in [1.807, 2.05) is 24.3 Å². The van der Waals surface area contributed by atoms with Crippen molar-refractivity contribution < 1.29 is 15.0 Å². The zero-order valence-electron chi connectivity index (χ0n) is 16.7. The molecular weight excluding hydrogens is 360 g/mol. The fourth-order valence-corrected chi connectivity index (χ4v) is 5.56. The van der Waals surface area contributed by atoms with E-state index in [-0.39, 0.29) is 23.9 Å². The summed E-state index contributed by atoms with van der Waals surface area (Å²) in [5.74, 6) is -0.654. The van der Waals surface area contributed by atoms with E-state index in [1.165, 1.54) is 16.7 Å². The highest BCUT2D eigenvalue weighted by Gasteiger charge is 2.56. The Morgan fingerprint density at radius 3 is 2.38 bits per heavy atom. The van der Waals surface area contributed by atoms with Gasteiger partial charge >= 0.3 is 5.97 Å². The predicted octanol–water partition coefficient (Wildman–Crippen LogP) is 5.57. The van der Waals surface area contributed by atoms with Gasteiger partial charge in [0.05, 0.1) is 6.10 Å². The van der Waals surface area contributed by atoms with Crippen LogP contribution in [0.3, 0.4) is 0 Å². The molecule has 1 saturated carbocycles. The Morgan fingerprint density at radius 1 is 1.07 bits per heavy atom. The Hall–Kier alpha value is -2.65. The Labute approximate surface area is 172 Å². The fraction of sp³-hybridized carbons (Fsp3) is 0.346. The lowest BCUT2D eigenvalue weighted by Crippen LogP contribution is -2.29. The lowest BCUT2D eigenvalue weighted by molar-refractivity contribution is -0.137. The maximum Gasteiger partial charge on any atom is 0.303 e. The average Bonchev–Trinajstić information content (AvgIpc) is 3.23. The SMILES string of the molecule is C=C(c1ccccc1)[C@@]12CC[C@@H](O)[C@@H]1CC(CCCC(=O)O)=C2c1ccccc1. The number of allylic oxidation sites excluding steroid dienone is 3. The van der Waals surface area contributed by atoms with Gasteiger partial charge in [-0.25, -0.2) is 0 Å². The summed E-state index contributed by atoms with van der Waals surface area (Å²) in [7, 11) is 0. The van der Waals surface area contributed by atoms with Crippen LogP contribution in [0.25, 0.3) is 11.1 Å². The maximum atomic E-state index is 11.1. The number of aliphatic hydroxyl groups excluding tert-OH is 1. The summed E-state index contributed by atoms with van der Waals surface area (Å²) < 4.78 is 0. The van der Waals surface area contributed by atoms with Gasteiger partial charge < -0.3 is 10.2 Å². The van der Waals surface area contributed by atoms with E-state index in [2.05, 4.69) is 43.0 Å². The van der Waals surface area contributed by atoms with Gasteiger partial charge in [-0.2, -0.15) is 0 Å².